The van der Waals surface area contributed by atoms with Crippen molar-refractivity contribution in [2.75, 3.05) is 11.9 Å². The van der Waals surface area contributed by atoms with Crippen LogP contribution in [0.5, 0.6) is 0 Å². The van der Waals surface area contributed by atoms with Crippen molar-refractivity contribution in [2.45, 2.75) is 31.8 Å². The number of para-hydroxylation sites is 1. The van der Waals surface area contributed by atoms with E-state index in [0.717, 1.165) is 18.8 Å². The van der Waals surface area contributed by atoms with Crippen LogP contribution in [0.15, 0.2) is 42.7 Å². The molecule has 0 fully saturated rings. The lowest BCUT2D eigenvalue weighted by Gasteiger charge is -2.27. The van der Waals surface area contributed by atoms with Gasteiger partial charge in [0, 0.05) is 43.0 Å². The molecule has 1 aromatic heterocycles. The van der Waals surface area contributed by atoms with E-state index in [-0.39, 0.29) is 11.8 Å². The lowest BCUT2D eigenvalue weighted by Crippen LogP contribution is -2.36. The molecule has 2 aromatic rings. The maximum Gasteiger partial charge on any atom is 0.225 e. The molecule has 3 rings (SSSR count). The van der Waals surface area contributed by atoms with Crippen molar-refractivity contribution in [1.82, 2.24) is 15.1 Å². The van der Waals surface area contributed by atoms with Gasteiger partial charge < -0.3 is 10.6 Å². The zero-order valence-corrected chi connectivity index (χ0v) is 12.1. The number of benzene rings is 1. The lowest BCUT2D eigenvalue weighted by molar-refractivity contribution is -0.116. The second kappa shape index (κ2) is 6.10. The molecule has 2 heterocycles. The van der Waals surface area contributed by atoms with Crippen molar-refractivity contribution >= 4 is 11.6 Å². The first-order chi connectivity index (χ1) is 10.2. The zero-order chi connectivity index (χ0) is 14.7. The van der Waals surface area contributed by atoms with E-state index in [1.807, 2.05) is 35.1 Å². The van der Waals surface area contributed by atoms with Crippen molar-refractivity contribution in [2.24, 2.45) is 0 Å². The molecule has 1 aliphatic heterocycles. The fourth-order valence-electron chi connectivity index (χ4n) is 2.78. The van der Waals surface area contributed by atoms with Crippen LogP contribution in [0.3, 0.4) is 0 Å². The van der Waals surface area contributed by atoms with Crippen molar-refractivity contribution < 1.29 is 4.79 Å². The molecule has 1 amide bonds. The predicted molar refractivity (Wildman–Crippen MR) is 82.1 cm³/mol. The molecule has 0 aliphatic carbocycles. The lowest BCUT2D eigenvalue weighted by atomic mass is 9.90. The number of fused-ring (bicyclic) bond motifs is 1. The number of nitrogens with one attached hydrogen (secondary N) is 2. The van der Waals surface area contributed by atoms with Gasteiger partial charge in [0.2, 0.25) is 5.91 Å². The van der Waals surface area contributed by atoms with E-state index in [2.05, 4.69) is 28.7 Å². The molecule has 0 saturated heterocycles. The normalized spacial score (nSPS) is 18.9. The summed E-state index contributed by atoms with van der Waals surface area (Å²) in [6.45, 7) is 3.76. The molecule has 0 saturated carbocycles. The van der Waals surface area contributed by atoms with E-state index in [9.17, 15) is 4.79 Å². The number of hydrogen-bond donors (Lipinski definition) is 2. The highest BCUT2D eigenvalue weighted by Gasteiger charge is 2.24. The van der Waals surface area contributed by atoms with Gasteiger partial charge in [0.1, 0.15) is 0 Å². The van der Waals surface area contributed by atoms with Crippen LogP contribution < -0.4 is 10.6 Å². The van der Waals surface area contributed by atoms with E-state index in [1.165, 1.54) is 5.56 Å². The minimum atomic E-state index is 0.0974. The average Bonchev–Trinajstić information content (AvgIpc) is 2.97. The summed E-state index contributed by atoms with van der Waals surface area (Å²) in [5.41, 5.74) is 2.16. The minimum Gasteiger partial charge on any atom is -0.326 e. The van der Waals surface area contributed by atoms with Gasteiger partial charge in [0.15, 0.2) is 0 Å². The van der Waals surface area contributed by atoms with Gasteiger partial charge in [-0.25, -0.2) is 0 Å². The third-order valence-electron chi connectivity index (χ3n) is 3.84. The number of carbonyl (C=O) groups is 1. The van der Waals surface area contributed by atoms with Crippen LogP contribution in [-0.2, 0) is 11.3 Å². The van der Waals surface area contributed by atoms with Crippen LogP contribution in [0.25, 0.3) is 0 Å². The molecule has 21 heavy (non-hydrogen) atoms. The Morgan fingerprint density at radius 3 is 3.10 bits per heavy atom. The number of anilines is 1. The molecule has 5 nitrogen and oxygen atoms in total. The SMILES string of the molecule is C[C@H](Cn1cccn1)NC[C@H]1CC(=O)Nc2ccccc21. The van der Waals surface area contributed by atoms with Crippen molar-refractivity contribution in [3.05, 3.63) is 48.3 Å². The van der Waals surface area contributed by atoms with Gasteiger partial charge in [-0.15, -0.1) is 0 Å². The van der Waals surface area contributed by atoms with E-state index in [1.54, 1.807) is 6.20 Å². The summed E-state index contributed by atoms with van der Waals surface area (Å²) in [5.74, 6) is 0.329. The molecule has 1 aromatic carbocycles. The molecule has 2 atom stereocenters. The van der Waals surface area contributed by atoms with Crippen molar-refractivity contribution in [3.63, 3.8) is 0 Å². The highest BCUT2D eigenvalue weighted by atomic mass is 16.1. The van der Waals surface area contributed by atoms with Gasteiger partial charge in [0.25, 0.3) is 0 Å². The number of amides is 1. The first-order valence-electron chi connectivity index (χ1n) is 7.32. The maximum absolute atomic E-state index is 11.8. The molecule has 0 unspecified atom stereocenters. The Balaban J connectivity index is 1.61. The van der Waals surface area contributed by atoms with Crippen molar-refractivity contribution in [1.29, 1.82) is 0 Å². The van der Waals surface area contributed by atoms with Gasteiger partial charge in [-0.3, -0.25) is 9.48 Å². The van der Waals surface area contributed by atoms with Gasteiger partial charge in [-0.05, 0) is 24.6 Å². The number of aromatic nitrogens is 2. The number of carbonyl (C=O) groups excluding carboxylic acids is 1. The summed E-state index contributed by atoms with van der Waals surface area (Å²) in [6, 6.07) is 10.3. The Hall–Kier alpha value is -2.14. The Kier molecular flexibility index (Phi) is 4.01. The highest BCUT2D eigenvalue weighted by molar-refractivity contribution is 5.94. The molecule has 110 valence electrons. The van der Waals surface area contributed by atoms with E-state index in [0.29, 0.717) is 12.5 Å². The average molecular weight is 284 g/mol. The molecule has 0 spiro atoms. The summed E-state index contributed by atoms with van der Waals surface area (Å²) in [7, 11) is 0. The fourth-order valence-corrected chi connectivity index (χ4v) is 2.78. The third-order valence-corrected chi connectivity index (χ3v) is 3.84. The quantitative estimate of drug-likeness (QED) is 0.882. The molecular formula is C16H20N4O. The Morgan fingerprint density at radius 2 is 2.29 bits per heavy atom. The number of nitrogens with zero attached hydrogens (tertiary/aromatic N) is 2. The summed E-state index contributed by atoms with van der Waals surface area (Å²) in [4.78, 5) is 11.8. The molecule has 5 heteroatoms. The Bertz CT molecular complexity index is 608. The van der Waals surface area contributed by atoms with Gasteiger partial charge in [-0.2, -0.15) is 5.10 Å². The van der Waals surface area contributed by atoms with Crippen LogP contribution in [0, 0.1) is 0 Å². The molecule has 0 bridgehead atoms. The largest absolute Gasteiger partial charge is 0.326 e. The fraction of sp³-hybridized carbons (Fsp3) is 0.375. The summed E-state index contributed by atoms with van der Waals surface area (Å²) < 4.78 is 1.92. The first kappa shape index (κ1) is 13.8. The molecule has 1 aliphatic rings. The Labute approximate surface area is 124 Å². The monoisotopic (exact) mass is 284 g/mol. The molecular weight excluding hydrogens is 264 g/mol. The summed E-state index contributed by atoms with van der Waals surface area (Å²) >= 11 is 0. The topological polar surface area (TPSA) is 59.0 Å². The molecule has 2 N–H and O–H groups in total. The first-order valence-corrected chi connectivity index (χ1v) is 7.32. The third kappa shape index (κ3) is 3.31. The van der Waals surface area contributed by atoms with Crippen LogP contribution in [-0.4, -0.2) is 28.3 Å². The van der Waals surface area contributed by atoms with Crippen LogP contribution >= 0.6 is 0 Å². The summed E-state index contributed by atoms with van der Waals surface area (Å²) in [6.07, 6.45) is 4.29. The van der Waals surface area contributed by atoms with Gasteiger partial charge in [-0.1, -0.05) is 18.2 Å². The van der Waals surface area contributed by atoms with Crippen LogP contribution in [0.1, 0.15) is 24.8 Å². The summed E-state index contributed by atoms with van der Waals surface area (Å²) in [5, 5.41) is 10.7. The number of rotatable bonds is 5. The second-order valence-electron chi connectivity index (χ2n) is 5.57. The predicted octanol–water partition coefficient (Wildman–Crippen LogP) is 1.99. The molecule has 0 radical (unpaired) electrons. The minimum absolute atomic E-state index is 0.0974. The standard InChI is InChI=1S/C16H20N4O/c1-12(11-20-8-4-7-18-20)17-10-13-9-16(21)19-15-6-3-2-5-14(13)15/h2-8,12-13,17H,9-11H2,1H3,(H,19,21)/t12-,13-/m1/s1. The second-order valence-corrected chi connectivity index (χ2v) is 5.57. The van der Waals surface area contributed by atoms with Gasteiger partial charge >= 0.3 is 0 Å². The highest BCUT2D eigenvalue weighted by Crippen LogP contribution is 2.31. The maximum atomic E-state index is 11.8. The van der Waals surface area contributed by atoms with Crippen molar-refractivity contribution in [3.8, 4) is 0 Å². The van der Waals surface area contributed by atoms with E-state index >= 15 is 0 Å². The van der Waals surface area contributed by atoms with Crippen LogP contribution in [0.4, 0.5) is 5.69 Å². The van der Waals surface area contributed by atoms with Gasteiger partial charge in [0.05, 0.1) is 6.54 Å². The van der Waals surface area contributed by atoms with Crippen LogP contribution in [0.2, 0.25) is 0 Å². The number of hydrogen-bond acceptors (Lipinski definition) is 3. The van der Waals surface area contributed by atoms with E-state index < -0.39 is 0 Å². The Morgan fingerprint density at radius 1 is 1.43 bits per heavy atom. The zero-order valence-electron chi connectivity index (χ0n) is 12.1. The smallest absolute Gasteiger partial charge is 0.225 e. The van der Waals surface area contributed by atoms with E-state index in [4.69, 9.17) is 0 Å².